The number of nitrogens with two attached hydrogens (primary N) is 1. The van der Waals surface area contributed by atoms with Crippen molar-refractivity contribution in [1.29, 1.82) is 0 Å². The summed E-state index contributed by atoms with van der Waals surface area (Å²) in [5.41, 5.74) is 5.66. The number of rotatable bonds is 8. The summed E-state index contributed by atoms with van der Waals surface area (Å²) in [5, 5.41) is 8.79. The Morgan fingerprint density at radius 2 is 1.80 bits per heavy atom. The Hall–Kier alpha value is -0.530. The standard InChI is InChI=1S/C12H18Cl2N2O3S/c13-9-5-6-10(11(14)12(9)15)20(18,19)16-7-3-1-2-4-8-17/h5-6,16-17H,1-4,7-8,15H2. The molecule has 0 spiro atoms. The number of nitrogen functional groups attached to an aromatic ring is 1. The monoisotopic (exact) mass is 340 g/mol. The fraction of sp³-hybridized carbons (Fsp3) is 0.500. The van der Waals surface area contributed by atoms with Crippen LogP contribution in [0.3, 0.4) is 0 Å². The molecule has 0 fully saturated rings. The molecule has 0 aliphatic heterocycles. The Balaban J connectivity index is 2.63. The molecule has 0 bridgehead atoms. The molecular formula is C12H18Cl2N2O3S. The molecule has 0 radical (unpaired) electrons. The van der Waals surface area contributed by atoms with Crippen molar-refractivity contribution in [3.05, 3.63) is 22.2 Å². The van der Waals surface area contributed by atoms with Crippen LogP contribution in [0.2, 0.25) is 10.0 Å². The van der Waals surface area contributed by atoms with Crippen LogP contribution in [-0.2, 0) is 10.0 Å². The minimum atomic E-state index is -3.69. The molecule has 0 atom stereocenters. The van der Waals surface area contributed by atoms with Gasteiger partial charge in [0.1, 0.15) is 4.90 Å². The first-order chi connectivity index (χ1) is 9.40. The molecule has 8 heteroatoms. The maximum Gasteiger partial charge on any atom is 0.242 e. The zero-order chi connectivity index (χ0) is 15.2. The number of unbranched alkanes of at least 4 members (excludes halogenated alkanes) is 3. The molecule has 0 aliphatic carbocycles. The average Bonchev–Trinajstić information content (AvgIpc) is 2.39. The van der Waals surface area contributed by atoms with Crippen LogP contribution < -0.4 is 10.5 Å². The zero-order valence-corrected chi connectivity index (χ0v) is 13.2. The minimum Gasteiger partial charge on any atom is -0.396 e. The highest BCUT2D eigenvalue weighted by Gasteiger charge is 2.20. The van der Waals surface area contributed by atoms with Gasteiger partial charge in [-0.3, -0.25) is 0 Å². The van der Waals surface area contributed by atoms with E-state index >= 15 is 0 Å². The van der Waals surface area contributed by atoms with Crippen LogP contribution in [-0.4, -0.2) is 26.7 Å². The Bertz CT molecular complexity index is 550. The van der Waals surface area contributed by atoms with E-state index in [0.29, 0.717) is 13.0 Å². The number of benzene rings is 1. The molecule has 0 saturated heterocycles. The molecule has 0 aromatic heterocycles. The van der Waals surface area contributed by atoms with Gasteiger partial charge in [0.2, 0.25) is 10.0 Å². The minimum absolute atomic E-state index is 0.0548. The molecule has 0 aliphatic rings. The largest absolute Gasteiger partial charge is 0.396 e. The van der Waals surface area contributed by atoms with Crippen molar-refractivity contribution >= 4 is 38.9 Å². The molecule has 0 heterocycles. The van der Waals surface area contributed by atoms with E-state index in [1.807, 2.05) is 0 Å². The van der Waals surface area contributed by atoms with Crippen molar-refractivity contribution in [2.45, 2.75) is 30.6 Å². The molecule has 0 amide bonds. The van der Waals surface area contributed by atoms with Crippen molar-refractivity contribution in [2.24, 2.45) is 0 Å². The summed E-state index contributed by atoms with van der Waals surface area (Å²) in [6, 6.07) is 2.73. The van der Waals surface area contributed by atoms with E-state index in [9.17, 15) is 8.42 Å². The van der Waals surface area contributed by atoms with Crippen molar-refractivity contribution in [3.63, 3.8) is 0 Å². The van der Waals surface area contributed by atoms with Crippen LogP contribution in [0.1, 0.15) is 25.7 Å². The number of aliphatic hydroxyl groups is 1. The Morgan fingerprint density at radius 1 is 1.15 bits per heavy atom. The summed E-state index contributed by atoms with van der Waals surface area (Å²) in [5.74, 6) is 0. The van der Waals surface area contributed by atoms with Crippen molar-refractivity contribution < 1.29 is 13.5 Å². The second-order valence-electron chi connectivity index (χ2n) is 4.31. The molecule has 4 N–H and O–H groups in total. The Kier molecular flexibility index (Phi) is 7.05. The molecule has 1 rings (SSSR count). The lowest BCUT2D eigenvalue weighted by Gasteiger charge is -2.10. The van der Waals surface area contributed by atoms with Gasteiger partial charge in [-0.15, -0.1) is 0 Å². The SMILES string of the molecule is Nc1c(Cl)ccc(S(=O)(=O)NCCCCCCO)c1Cl. The molecular weight excluding hydrogens is 323 g/mol. The molecule has 114 valence electrons. The van der Waals surface area contributed by atoms with Gasteiger partial charge >= 0.3 is 0 Å². The van der Waals surface area contributed by atoms with Crippen LogP contribution in [0.4, 0.5) is 5.69 Å². The van der Waals surface area contributed by atoms with E-state index in [2.05, 4.69) is 4.72 Å². The van der Waals surface area contributed by atoms with E-state index < -0.39 is 10.0 Å². The fourth-order valence-electron chi connectivity index (χ4n) is 1.63. The zero-order valence-electron chi connectivity index (χ0n) is 10.9. The number of nitrogens with one attached hydrogen (secondary N) is 1. The second kappa shape index (κ2) is 8.05. The van der Waals surface area contributed by atoms with E-state index in [-0.39, 0.29) is 27.2 Å². The normalized spacial score (nSPS) is 11.8. The van der Waals surface area contributed by atoms with Crippen LogP contribution in [0.5, 0.6) is 0 Å². The summed E-state index contributed by atoms with van der Waals surface area (Å²) in [4.78, 5) is -0.0728. The van der Waals surface area contributed by atoms with E-state index in [1.54, 1.807) is 0 Å². The van der Waals surface area contributed by atoms with Crippen molar-refractivity contribution in [3.8, 4) is 0 Å². The summed E-state index contributed by atoms with van der Waals surface area (Å²) in [6.45, 7) is 0.470. The van der Waals surface area contributed by atoms with Gasteiger partial charge in [0.05, 0.1) is 15.7 Å². The van der Waals surface area contributed by atoms with Gasteiger partial charge in [-0.2, -0.15) is 0 Å². The van der Waals surface area contributed by atoms with Crippen molar-refractivity contribution in [1.82, 2.24) is 4.72 Å². The third kappa shape index (κ3) is 4.79. The summed E-state index contributed by atoms with van der Waals surface area (Å²) in [7, 11) is -3.69. The first-order valence-electron chi connectivity index (χ1n) is 6.24. The quantitative estimate of drug-likeness (QED) is 0.500. The van der Waals surface area contributed by atoms with E-state index in [0.717, 1.165) is 19.3 Å². The number of hydrogen-bond donors (Lipinski definition) is 3. The Morgan fingerprint density at radius 3 is 2.45 bits per heavy atom. The summed E-state index contributed by atoms with van der Waals surface area (Å²) in [6.07, 6.45) is 3.14. The highest BCUT2D eigenvalue weighted by atomic mass is 35.5. The molecule has 1 aromatic carbocycles. The van der Waals surface area contributed by atoms with Crippen LogP contribution in [0.25, 0.3) is 0 Å². The molecule has 5 nitrogen and oxygen atoms in total. The summed E-state index contributed by atoms with van der Waals surface area (Å²) < 4.78 is 26.6. The van der Waals surface area contributed by atoms with Gasteiger partial charge in [-0.25, -0.2) is 13.1 Å². The molecule has 20 heavy (non-hydrogen) atoms. The predicted molar refractivity (Wildman–Crippen MR) is 81.6 cm³/mol. The third-order valence-electron chi connectivity index (χ3n) is 2.76. The smallest absolute Gasteiger partial charge is 0.242 e. The first kappa shape index (κ1) is 17.5. The van der Waals surface area contributed by atoms with Gasteiger partial charge in [0, 0.05) is 13.2 Å². The van der Waals surface area contributed by atoms with Crippen molar-refractivity contribution in [2.75, 3.05) is 18.9 Å². The molecule has 0 unspecified atom stereocenters. The lowest BCUT2D eigenvalue weighted by Crippen LogP contribution is -2.25. The number of halogens is 2. The number of sulfonamides is 1. The number of hydrogen-bond acceptors (Lipinski definition) is 4. The van der Waals surface area contributed by atoms with Crippen LogP contribution in [0, 0.1) is 0 Å². The average molecular weight is 341 g/mol. The van der Waals surface area contributed by atoms with E-state index in [4.69, 9.17) is 34.0 Å². The van der Waals surface area contributed by atoms with Crippen LogP contribution >= 0.6 is 23.2 Å². The molecule has 0 saturated carbocycles. The van der Waals surface area contributed by atoms with Gasteiger partial charge in [-0.05, 0) is 25.0 Å². The van der Waals surface area contributed by atoms with Gasteiger partial charge in [-0.1, -0.05) is 36.0 Å². The van der Waals surface area contributed by atoms with Crippen LogP contribution in [0.15, 0.2) is 17.0 Å². The number of anilines is 1. The first-order valence-corrected chi connectivity index (χ1v) is 8.48. The number of aliphatic hydroxyl groups excluding tert-OH is 1. The van der Waals surface area contributed by atoms with Gasteiger partial charge in [0.25, 0.3) is 0 Å². The Labute approximate surface area is 129 Å². The fourth-order valence-corrected chi connectivity index (χ4v) is 3.47. The van der Waals surface area contributed by atoms with Gasteiger partial charge < -0.3 is 10.8 Å². The maximum atomic E-state index is 12.1. The predicted octanol–water partition coefficient (Wildman–Crippen LogP) is 2.41. The third-order valence-corrected chi connectivity index (χ3v) is 5.11. The lowest BCUT2D eigenvalue weighted by molar-refractivity contribution is 0.282. The van der Waals surface area contributed by atoms with E-state index in [1.165, 1.54) is 12.1 Å². The molecule has 1 aromatic rings. The summed E-state index contributed by atoms with van der Waals surface area (Å²) >= 11 is 11.7. The highest BCUT2D eigenvalue weighted by Crippen LogP contribution is 2.32. The topological polar surface area (TPSA) is 92.4 Å². The highest BCUT2D eigenvalue weighted by molar-refractivity contribution is 7.89. The second-order valence-corrected chi connectivity index (χ2v) is 6.83. The maximum absolute atomic E-state index is 12.1. The van der Waals surface area contributed by atoms with Gasteiger partial charge in [0.15, 0.2) is 0 Å². The lowest BCUT2D eigenvalue weighted by atomic mass is 10.2.